The molecule has 2 rings (SSSR count). The number of hydrogen-bond acceptors (Lipinski definition) is 5. The highest BCUT2D eigenvalue weighted by Crippen LogP contribution is 2.19. The van der Waals surface area contributed by atoms with E-state index < -0.39 is 22.5 Å². The molecule has 0 saturated heterocycles. The number of methoxy groups -OCH3 is 1. The lowest BCUT2D eigenvalue weighted by Gasteiger charge is -2.17. The zero-order valence-corrected chi connectivity index (χ0v) is 15.0. The second-order valence-corrected chi connectivity index (χ2v) is 6.01. The van der Waals surface area contributed by atoms with Crippen LogP contribution in [0.3, 0.4) is 0 Å². The summed E-state index contributed by atoms with van der Waals surface area (Å²) in [5.41, 5.74) is 0.359. The van der Waals surface area contributed by atoms with Gasteiger partial charge in [0.2, 0.25) is 0 Å². The normalized spacial score (nSPS) is 10.3. The standard InChI is InChI=1S/C19H20N2O6/c1-20(9-3-4-13-5-7-17(27-2)8-6-13)18(22)14-10-15(19(23)24)12-16(11-14)21(25)26/h5-8,10-12H,3-4,9H2,1-2H3,(H,23,24). The first-order valence-electron chi connectivity index (χ1n) is 8.23. The lowest BCUT2D eigenvalue weighted by molar-refractivity contribution is -0.384. The summed E-state index contributed by atoms with van der Waals surface area (Å²) in [6.45, 7) is 0.427. The van der Waals surface area contributed by atoms with Gasteiger partial charge >= 0.3 is 5.97 Å². The van der Waals surface area contributed by atoms with E-state index in [0.717, 1.165) is 35.9 Å². The third-order valence-electron chi connectivity index (χ3n) is 4.09. The SMILES string of the molecule is COc1ccc(CCCN(C)C(=O)c2cc(C(=O)O)cc([N+](=O)[O-])c2)cc1. The van der Waals surface area contributed by atoms with Crippen molar-refractivity contribution in [1.29, 1.82) is 0 Å². The van der Waals surface area contributed by atoms with Gasteiger partial charge in [-0.15, -0.1) is 0 Å². The van der Waals surface area contributed by atoms with Crippen LogP contribution >= 0.6 is 0 Å². The molecule has 0 radical (unpaired) electrons. The van der Waals surface area contributed by atoms with E-state index in [-0.39, 0.29) is 11.1 Å². The number of aromatic carboxylic acids is 1. The highest BCUT2D eigenvalue weighted by molar-refractivity contribution is 5.98. The first-order chi connectivity index (χ1) is 12.8. The molecular formula is C19H20N2O6. The van der Waals surface area contributed by atoms with Gasteiger partial charge in [0.05, 0.1) is 17.6 Å². The number of carbonyl (C=O) groups excluding carboxylic acids is 1. The van der Waals surface area contributed by atoms with Crippen molar-refractivity contribution < 1.29 is 24.4 Å². The largest absolute Gasteiger partial charge is 0.497 e. The summed E-state index contributed by atoms with van der Waals surface area (Å²) in [5, 5.41) is 20.1. The number of hydrogen-bond donors (Lipinski definition) is 1. The number of rotatable bonds is 8. The number of benzene rings is 2. The Morgan fingerprint density at radius 2 is 1.78 bits per heavy atom. The minimum absolute atomic E-state index is 0.0199. The van der Waals surface area contributed by atoms with E-state index in [1.54, 1.807) is 14.2 Å². The molecule has 0 bridgehead atoms. The summed E-state index contributed by atoms with van der Waals surface area (Å²) in [6.07, 6.45) is 1.44. The summed E-state index contributed by atoms with van der Waals surface area (Å²) in [5.74, 6) is -1.02. The van der Waals surface area contributed by atoms with Crippen molar-refractivity contribution in [3.63, 3.8) is 0 Å². The van der Waals surface area contributed by atoms with Crippen LogP contribution in [0.2, 0.25) is 0 Å². The number of nitro benzene ring substituents is 1. The Morgan fingerprint density at radius 1 is 1.15 bits per heavy atom. The Kier molecular flexibility index (Phi) is 6.48. The van der Waals surface area contributed by atoms with Crippen molar-refractivity contribution in [3.05, 3.63) is 69.3 Å². The summed E-state index contributed by atoms with van der Waals surface area (Å²) in [7, 11) is 3.18. The average Bonchev–Trinajstić information content (AvgIpc) is 2.67. The van der Waals surface area contributed by atoms with Crippen LogP contribution in [0.5, 0.6) is 5.75 Å². The van der Waals surface area contributed by atoms with Gasteiger partial charge in [0.15, 0.2) is 0 Å². The minimum atomic E-state index is -1.32. The second-order valence-electron chi connectivity index (χ2n) is 6.01. The molecule has 0 fully saturated rings. The van der Waals surface area contributed by atoms with E-state index in [1.165, 1.54) is 4.90 Å². The molecule has 27 heavy (non-hydrogen) atoms. The molecule has 0 heterocycles. The molecule has 0 aliphatic carbocycles. The first-order valence-corrected chi connectivity index (χ1v) is 8.23. The van der Waals surface area contributed by atoms with Gasteiger partial charge in [0.1, 0.15) is 5.75 Å². The molecule has 1 N–H and O–H groups in total. The van der Waals surface area contributed by atoms with Crippen LogP contribution in [0.4, 0.5) is 5.69 Å². The predicted molar refractivity (Wildman–Crippen MR) is 98.3 cm³/mol. The van der Waals surface area contributed by atoms with Crippen LogP contribution in [-0.2, 0) is 6.42 Å². The number of non-ortho nitro benzene ring substituents is 1. The molecule has 0 saturated carbocycles. The van der Waals surface area contributed by atoms with E-state index in [9.17, 15) is 19.7 Å². The maximum atomic E-state index is 12.5. The van der Waals surface area contributed by atoms with E-state index >= 15 is 0 Å². The van der Waals surface area contributed by atoms with Gasteiger partial charge in [-0.3, -0.25) is 14.9 Å². The summed E-state index contributed by atoms with van der Waals surface area (Å²) < 4.78 is 5.10. The zero-order chi connectivity index (χ0) is 20.0. The average molecular weight is 372 g/mol. The quantitative estimate of drug-likeness (QED) is 0.563. The Hall–Kier alpha value is -3.42. The Morgan fingerprint density at radius 3 is 2.33 bits per heavy atom. The molecule has 0 aliphatic rings. The molecule has 0 atom stereocenters. The number of aryl methyl sites for hydroxylation is 1. The third kappa shape index (κ3) is 5.27. The van der Waals surface area contributed by atoms with Gasteiger partial charge in [-0.25, -0.2) is 4.79 Å². The van der Waals surface area contributed by atoms with E-state index in [0.29, 0.717) is 13.0 Å². The van der Waals surface area contributed by atoms with Crippen molar-refractivity contribution in [2.75, 3.05) is 20.7 Å². The molecule has 2 aromatic carbocycles. The molecule has 8 heteroatoms. The van der Waals surface area contributed by atoms with Crippen molar-refractivity contribution in [1.82, 2.24) is 4.90 Å². The predicted octanol–water partition coefficient (Wildman–Crippen LogP) is 3.01. The highest BCUT2D eigenvalue weighted by atomic mass is 16.6. The van der Waals surface area contributed by atoms with Gasteiger partial charge in [-0.2, -0.15) is 0 Å². The Bertz CT molecular complexity index is 816. The smallest absolute Gasteiger partial charge is 0.335 e. The topological polar surface area (TPSA) is 110 Å². The molecule has 0 spiro atoms. The Balaban J connectivity index is 2.03. The number of nitro groups is 1. The van der Waals surface area contributed by atoms with Crippen molar-refractivity contribution in [2.45, 2.75) is 12.8 Å². The van der Waals surface area contributed by atoms with Crippen LogP contribution in [0.15, 0.2) is 42.5 Å². The van der Waals surface area contributed by atoms with Crippen LogP contribution in [0.1, 0.15) is 32.7 Å². The number of ether oxygens (including phenoxy) is 1. The van der Waals surface area contributed by atoms with Crippen LogP contribution in [0, 0.1) is 10.1 Å². The first kappa shape index (κ1) is 19.9. The van der Waals surface area contributed by atoms with Crippen molar-refractivity contribution in [3.8, 4) is 5.75 Å². The fraction of sp³-hybridized carbons (Fsp3) is 0.263. The van der Waals surface area contributed by atoms with Gasteiger partial charge in [0.25, 0.3) is 11.6 Å². The number of nitrogens with zero attached hydrogens (tertiary/aromatic N) is 2. The number of amides is 1. The van der Waals surface area contributed by atoms with Gasteiger partial charge in [0, 0.05) is 31.3 Å². The monoisotopic (exact) mass is 372 g/mol. The summed E-state index contributed by atoms with van der Waals surface area (Å²) in [4.78, 5) is 35.3. The third-order valence-corrected chi connectivity index (χ3v) is 4.09. The summed E-state index contributed by atoms with van der Waals surface area (Å²) >= 11 is 0. The van der Waals surface area contributed by atoms with Gasteiger partial charge in [-0.05, 0) is 36.6 Å². The lowest BCUT2D eigenvalue weighted by atomic mass is 10.1. The van der Waals surface area contributed by atoms with E-state index in [2.05, 4.69) is 0 Å². The molecule has 0 unspecified atom stereocenters. The van der Waals surface area contributed by atoms with E-state index in [1.807, 2.05) is 24.3 Å². The van der Waals surface area contributed by atoms with Crippen LogP contribution in [-0.4, -0.2) is 47.5 Å². The second kappa shape index (κ2) is 8.79. The number of carbonyl (C=O) groups is 2. The minimum Gasteiger partial charge on any atom is -0.497 e. The zero-order valence-electron chi connectivity index (χ0n) is 15.0. The highest BCUT2D eigenvalue weighted by Gasteiger charge is 2.19. The molecule has 2 aromatic rings. The molecular weight excluding hydrogens is 352 g/mol. The maximum absolute atomic E-state index is 12.5. The number of carboxylic acid groups (broad SMARTS) is 1. The molecule has 0 aliphatic heterocycles. The van der Waals surface area contributed by atoms with Gasteiger partial charge in [-0.1, -0.05) is 12.1 Å². The number of carboxylic acids is 1. The molecule has 0 aromatic heterocycles. The maximum Gasteiger partial charge on any atom is 0.335 e. The summed E-state index contributed by atoms with van der Waals surface area (Å²) in [6, 6.07) is 10.8. The van der Waals surface area contributed by atoms with Crippen molar-refractivity contribution >= 4 is 17.6 Å². The van der Waals surface area contributed by atoms with Crippen LogP contribution < -0.4 is 4.74 Å². The fourth-order valence-corrected chi connectivity index (χ4v) is 2.60. The molecule has 1 amide bonds. The van der Waals surface area contributed by atoms with Gasteiger partial charge < -0.3 is 14.7 Å². The Labute approximate surface area is 156 Å². The fourth-order valence-electron chi connectivity index (χ4n) is 2.60. The van der Waals surface area contributed by atoms with Crippen molar-refractivity contribution in [2.24, 2.45) is 0 Å². The lowest BCUT2D eigenvalue weighted by Crippen LogP contribution is -2.28. The van der Waals surface area contributed by atoms with E-state index in [4.69, 9.17) is 9.84 Å². The molecule has 142 valence electrons. The molecule has 8 nitrogen and oxygen atoms in total. The van der Waals surface area contributed by atoms with Crippen LogP contribution in [0.25, 0.3) is 0 Å².